The van der Waals surface area contributed by atoms with Crippen LogP contribution in [0.25, 0.3) is 0 Å². The lowest BCUT2D eigenvalue weighted by molar-refractivity contribution is -0.234. The Bertz CT molecular complexity index is 4320. The second-order valence-corrected chi connectivity index (χ2v) is 35.4. The number of carbonyl (C=O) groups excluding carboxylic acids is 10. The first-order chi connectivity index (χ1) is 61.8. The van der Waals surface area contributed by atoms with Gasteiger partial charge in [-0.15, -0.1) is 5.10 Å². The average molecular weight is 1790 g/mol. The molecule has 32 heteroatoms. The molecule has 3 aromatic rings. The monoisotopic (exact) mass is 1790 g/mol. The number of aliphatic hydroxyl groups excluding tert-OH is 1. The quantitative estimate of drug-likeness (QED) is 0.0259. The molecule has 0 spiro atoms. The molecule has 14 atom stereocenters. The number of aromatic nitrogens is 3. The number of fused-ring (bicyclic) bond motifs is 10. The Balaban J connectivity index is 0.653. The number of allylic oxidation sites excluding steroid dienone is 4. The number of anilines is 1. The van der Waals surface area contributed by atoms with E-state index in [2.05, 4.69) is 43.4 Å². The SMILES string of the molecule is CCCNC(=O)CCOCCOCCOCCOCCn1nnc2c1CCCCCC2OCC(=O)NCCCC[C@@H](CC(=O)CCOCCOCCOCCOCCCC(=O)CCC(=O)N1Cc2ccccc2C#Cc2ccccc21)C(=O)N[C@H](C(=O)C[C@@H](C)C(=O)NCC(=O)[C@@]12OC(CCC)O[C@@H]1C[C@H]1[C@@H]3C[C@H](F)C4=CC(=O)C=C[C@]4(C)[C@@]3(F)[C@@H](O)C[C@@]12C)C(C)C. The number of hydrogen-bond donors (Lipinski definition) is 5. The van der Waals surface area contributed by atoms with Gasteiger partial charge in [-0.3, -0.25) is 47.9 Å². The van der Waals surface area contributed by atoms with Gasteiger partial charge in [0.05, 0.1) is 148 Å². The molecule has 10 rings (SSSR count). The van der Waals surface area contributed by atoms with Gasteiger partial charge in [0.1, 0.15) is 36.1 Å². The van der Waals surface area contributed by atoms with Crippen LogP contribution in [0.4, 0.5) is 14.5 Å². The van der Waals surface area contributed by atoms with Crippen molar-refractivity contribution in [1.29, 1.82) is 0 Å². The van der Waals surface area contributed by atoms with Crippen LogP contribution in [0.3, 0.4) is 0 Å². The van der Waals surface area contributed by atoms with Crippen molar-refractivity contribution in [3.05, 3.63) is 100 Å². The molecule has 3 saturated carbocycles. The highest BCUT2D eigenvalue weighted by Gasteiger charge is 2.80. The fourth-order valence-electron chi connectivity index (χ4n) is 19.0. The largest absolute Gasteiger partial charge is 0.390 e. The zero-order valence-corrected chi connectivity index (χ0v) is 75.9. The van der Waals surface area contributed by atoms with Crippen molar-refractivity contribution < 1.29 is 114 Å². The van der Waals surface area contributed by atoms with E-state index in [0.717, 1.165) is 66.3 Å². The first-order valence-electron chi connectivity index (χ1n) is 46.4. The molecule has 30 nitrogen and oxygen atoms in total. The van der Waals surface area contributed by atoms with Crippen molar-refractivity contribution in [3.63, 3.8) is 0 Å². The summed E-state index contributed by atoms with van der Waals surface area (Å²) in [6.45, 7) is 18.1. The number of ether oxygens (including phenoxy) is 11. The fraction of sp³-hybridized carbons (Fsp3) is 0.688. The normalized spacial score (nSPS) is 24.4. The Labute approximate surface area is 751 Å². The van der Waals surface area contributed by atoms with Gasteiger partial charge in [0.15, 0.2) is 34.9 Å². The zero-order chi connectivity index (χ0) is 91.6. The fourth-order valence-corrected chi connectivity index (χ4v) is 19.0. The predicted molar refractivity (Wildman–Crippen MR) is 468 cm³/mol. The van der Waals surface area contributed by atoms with Gasteiger partial charge in [0, 0.05) is 104 Å². The molecular weight excluding hydrogens is 1660 g/mol. The number of unbranched alkanes of at least 4 members (excludes halogenated alkanes) is 1. The number of Topliss-reactive ketones (excluding diaryl/α,β-unsaturated/α-hetero) is 4. The maximum atomic E-state index is 18.2. The lowest BCUT2D eigenvalue weighted by atomic mass is 9.44. The molecule has 0 radical (unpaired) electrons. The van der Waals surface area contributed by atoms with Crippen molar-refractivity contribution in [2.45, 2.75) is 251 Å². The van der Waals surface area contributed by atoms with Crippen LogP contribution in [0.15, 0.2) is 72.3 Å². The smallest absolute Gasteiger partial charge is 0.246 e. The third-order valence-corrected chi connectivity index (χ3v) is 26.0. The van der Waals surface area contributed by atoms with Crippen molar-refractivity contribution in [2.24, 2.45) is 40.4 Å². The first kappa shape index (κ1) is 102. The third kappa shape index (κ3) is 27.2. The van der Waals surface area contributed by atoms with E-state index in [4.69, 9.17) is 52.1 Å². The van der Waals surface area contributed by atoms with Gasteiger partial charge in [-0.2, -0.15) is 0 Å². The van der Waals surface area contributed by atoms with E-state index in [9.17, 15) is 48.3 Å². The van der Waals surface area contributed by atoms with Gasteiger partial charge in [-0.1, -0.05) is 121 Å². The zero-order valence-electron chi connectivity index (χ0n) is 75.9. The van der Waals surface area contributed by atoms with Gasteiger partial charge in [0.25, 0.3) is 0 Å². The van der Waals surface area contributed by atoms with Crippen molar-refractivity contribution in [1.82, 2.24) is 36.3 Å². The molecule has 3 heterocycles. The van der Waals surface area contributed by atoms with E-state index in [0.29, 0.717) is 143 Å². The number of hydrogen-bond acceptors (Lipinski definition) is 24. The molecule has 5 amide bonds. The number of para-hydroxylation sites is 1. The van der Waals surface area contributed by atoms with Gasteiger partial charge in [-0.25, -0.2) is 13.5 Å². The number of alkyl halides is 2. The minimum absolute atomic E-state index is 0.0196. The van der Waals surface area contributed by atoms with Crippen LogP contribution < -0.4 is 26.2 Å². The Morgan fingerprint density at radius 2 is 1.32 bits per heavy atom. The predicted octanol–water partition coefficient (Wildman–Crippen LogP) is 9.46. The van der Waals surface area contributed by atoms with Crippen molar-refractivity contribution >= 4 is 64.1 Å². The number of amides is 5. The Morgan fingerprint density at radius 3 is 2.02 bits per heavy atom. The summed E-state index contributed by atoms with van der Waals surface area (Å²) in [5, 5.41) is 32.5. The molecule has 1 saturated heterocycles. The van der Waals surface area contributed by atoms with E-state index in [1.807, 2.05) is 67.1 Å². The molecule has 2 aliphatic heterocycles. The number of benzene rings is 2. The van der Waals surface area contributed by atoms with Crippen LogP contribution in [-0.2, 0) is 120 Å². The molecule has 0 bridgehead atoms. The van der Waals surface area contributed by atoms with Crippen molar-refractivity contribution in [3.8, 4) is 11.8 Å². The summed E-state index contributed by atoms with van der Waals surface area (Å²) < 4.78 is 101. The first-order valence-corrected chi connectivity index (χ1v) is 46.4. The minimum atomic E-state index is -2.42. The Kier molecular flexibility index (Phi) is 40.5. The summed E-state index contributed by atoms with van der Waals surface area (Å²) in [6.07, 6.45) is 5.38. The molecule has 128 heavy (non-hydrogen) atoms. The highest BCUT2D eigenvalue weighted by atomic mass is 19.1. The van der Waals surface area contributed by atoms with E-state index in [1.165, 1.54) is 26.0 Å². The Morgan fingerprint density at radius 1 is 0.672 bits per heavy atom. The lowest BCUT2D eigenvalue weighted by Crippen LogP contribution is -2.71. The van der Waals surface area contributed by atoms with E-state index >= 15 is 13.6 Å². The van der Waals surface area contributed by atoms with Gasteiger partial charge in [0.2, 0.25) is 29.5 Å². The summed E-state index contributed by atoms with van der Waals surface area (Å²) in [6, 6.07) is 14.2. The summed E-state index contributed by atoms with van der Waals surface area (Å²) in [5.41, 5.74) is -2.28. The number of aliphatic hydroxyl groups is 1. The molecule has 706 valence electrons. The Hall–Kier alpha value is -8.30. The summed E-state index contributed by atoms with van der Waals surface area (Å²) in [7, 11) is 0. The lowest BCUT2D eigenvalue weighted by Gasteiger charge is -2.63. The highest BCUT2D eigenvalue weighted by molar-refractivity contribution is 6.02. The maximum absolute atomic E-state index is 18.2. The van der Waals surface area contributed by atoms with E-state index < -0.39 is 124 Å². The second-order valence-electron chi connectivity index (χ2n) is 35.4. The van der Waals surface area contributed by atoms with E-state index in [-0.39, 0.29) is 145 Å². The molecule has 5 N–H and O–H groups in total. The second kappa shape index (κ2) is 50.9. The molecule has 5 aliphatic carbocycles. The number of nitrogens with zero attached hydrogens (tertiary/aromatic N) is 4. The van der Waals surface area contributed by atoms with Gasteiger partial charge >= 0.3 is 0 Å². The number of nitrogens with one attached hydrogen (secondary N) is 4. The molecular formula is C96H136F2N8O22. The van der Waals surface area contributed by atoms with Crippen LogP contribution in [0.5, 0.6) is 0 Å². The van der Waals surface area contributed by atoms with Crippen LogP contribution in [0.1, 0.15) is 217 Å². The molecule has 2 aromatic carbocycles. The topological polar surface area (TPSA) is 375 Å². The average Bonchev–Trinajstić information content (AvgIpc) is 1.43. The minimum Gasteiger partial charge on any atom is -0.390 e. The van der Waals surface area contributed by atoms with E-state index in [1.54, 1.807) is 25.7 Å². The molecule has 2 unspecified atom stereocenters. The summed E-state index contributed by atoms with van der Waals surface area (Å²) in [5.74, 6) is -1.36. The molecule has 7 aliphatic rings. The summed E-state index contributed by atoms with van der Waals surface area (Å²) in [4.78, 5) is 138. The van der Waals surface area contributed by atoms with Crippen molar-refractivity contribution in [2.75, 3.05) is 137 Å². The number of halogens is 2. The third-order valence-electron chi connectivity index (χ3n) is 26.0. The van der Waals surface area contributed by atoms with Crippen LogP contribution in [-0.4, -0.2) is 252 Å². The summed E-state index contributed by atoms with van der Waals surface area (Å²) >= 11 is 0. The van der Waals surface area contributed by atoms with Crippen LogP contribution in [0.2, 0.25) is 0 Å². The number of carbonyl (C=O) groups is 10. The number of ketones is 5. The number of rotatable bonds is 58. The van der Waals surface area contributed by atoms with Crippen LogP contribution in [0, 0.1) is 52.3 Å². The van der Waals surface area contributed by atoms with Gasteiger partial charge < -0.3 is 83.4 Å². The maximum Gasteiger partial charge on any atom is 0.246 e. The van der Waals surface area contributed by atoms with Crippen LogP contribution >= 0.6 is 0 Å². The molecule has 1 aromatic heterocycles. The van der Waals surface area contributed by atoms with Gasteiger partial charge in [-0.05, 0) is 131 Å². The molecule has 4 fully saturated rings. The standard InChI is InChI=1S/C96H136F2N8O22/c1-8-20-88-127-84-60-74-75-59-77(97)76-58-72(108)33-36-93(76,6)95(75,98)82(111)61-94(74,7)96(84,128-88)83(112)62-101-91(116)66(5)56-80(110)89(65(3)4)102-92(117)69(23-17-18-38-100-86(114)64-126-81-28-12-10-11-27-79-90(81)103-104-106(79)39-43-121-47-51-125-55-54-124-50-46-120-42-35-85(113)99-37-9-2)57-73(109)34-41-119-45-49-123-53-52-122-48-44-118-40-19-25-71(107)31-32-87(115)105-63-70-24-14-13-21-67(70)29-30-68-22-15-16-26-78(68)105/h13-16,21-22,24,26,33,36,58,65-66,69,74-75,77,81-82,84,88-89,111H,8-12,17-20,23,25,27-28,31-32,34-35,37-57,59-64H2,1-7H3,(H,99,113)(H,100,114)(H,101,116)(H,102,117)/t66-,69+,74+,75+,77+,81?,82+,84-,88?,89+,93+,94+,95+,96-/m1/s1. The highest BCUT2D eigenvalue weighted by Crippen LogP contribution is 2.72.